The second kappa shape index (κ2) is 7.74. The van der Waals surface area contributed by atoms with Gasteiger partial charge in [-0.1, -0.05) is 41.9 Å². The minimum Gasteiger partial charge on any atom is -0.457 e. The van der Waals surface area contributed by atoms with Gasteiger partial charge in [0.1, 0.15) is 17.3 Å². The molecule has 0 saturated heterocycles. The van der Waals surface area contributed by atoms with Crippen molar-refractivity contribution in [2.24, 2.45) is 10.7 Å². The van der Waals surface area contributed by atoms with Gasteiger partial charge in [-0.05, 0) is 54.1 Å². The monoisotopic (exact) mass is 390 g/mol. The van der Waals surface area contributed by atoms with Crippen LogP contribution in [0.2, 0.25) is 5.02 Å². The largest absolute Gasteiger partial charge is 0.457 e. The summed E-state index contributed by atoms with van der Waals surface area (Å²) < 4.78 is 5.85. The van der Waals surface area contributed by atoms with Gasteiger partial charge in [0.05, 0.1) is 6.04 Å². The number of aliphatic imine (C=N–C) groups is 1. The zero-order chi connectivity index (χ0) is 19.5. The summed E-state index contributed by atoms with van der Waals surface area (Å²) in [6, 6.07) is 24.8. The van der Waals surface area contributed by atoms with Crippen molar-refractivity contribution in [3.8, 4) is 11.5 Å². The van der Waals surface area contributed by atoms with E-state index in [0.29, 0.717) is 28.8 Å². The minimum absolute atomic E-state index is 0.0748. The first-order valence-corrected chi connectivity index (χ1v) is 9.27. The molecule has 0 aromatic heterocycles. The SMILES string of the molecule is N=C1N=C(N)CC(c2ccccc2)N1c1ccc(Oc2ccc(Cl)cc2)cc1. The van der Waals surface area contributed by atoms with Crippen molar-refractivity contribution >= 4 is 29.1 Å². The third-order valence-corrected chi connectivity index (χ3v) is 4.79. The van der Waals surface area contributed by atoms with Crippen LogP contribution < -0.4 is 15.4 Å². The number of rotatable bonds is 4. The normalized spacial score (nSPS) is 16.6. The zero-order valence-electron chi connectivity index (χ0n) is 15.0. The van der Waals surface area contributed by atoms with Gasteiger partial charge >= 0.3 is 0 Å². The van der Waals surface area contributed by atoms with E-state index < -0.39 is 0 Å². The van der Waals surface area contributed by atoms with Crippen molar-refractivity contribution in [3.63, 3.8) is 0 Å². The molecule has 1 heterocycles. The Kier molecular flexibility index (Phi) is 5.00. The lowest BCUT2D eigenvalue weighted by Gasteiger charge is -2.35. The van der Waals surface area contributed by atoms with Crippen molar-refractivity contribution in [1.29, 1.82) is 5.41 Å². The molecular formula is C22H19ClN4O. The van der Waals surface area contributed by atoms with E-state index in [9.17, 15) is 0 Å². The van der Waals surface area contributed by atoms with Crippen molar-refractivity contribution in [2.45, 2.75) is 12.5 Å². The summed E-state index contributed by atoms with van der Waals surface area (Å²) in [5, 5.41) is 9.03. The lowest BCUT2D eigenvalue weighted by molar-refractivity contribution is 0.482. The van der Waals surface area contributed by atoms with E-state index in [4.69, 9.17) is 27.5 Å². The Balaban J connectivity index is 1.60. The Morgan fingerprint density at radius 1 is 0.929 bits per heavy atom. The van der Waals surface area contributed by atoms with Crippen LogP contribution in [0.1, 0.15) is 18.0 Å². The highest BCUT2D eigenvalue weighted by atomic mass is 35.5. The summed E-state index contributed by atoms with van der Waals surface area (Å²) in [5.41, 5.74) is 7.92. The first-order chi connectivity index (χ1) is 13.6. The second-order valence-corrected chi connectivity index (χ2v) is 6.91. The highest BCUT2D eigenvalue weighted by Crippen LogP contribution is 2.34. The van der Waals surface area contributed by atoms with Gasteiger partial charge in [0.25, 0.3) is 0 Å². The Bertz CT molecular complexity index is 1000. The predicted octanol–water partition coefficient (Wildman–Crippen LogP) is 5.38. The number of nitrogens with zero attached hydrogens (tertiary/aromatic N) is 2. The summed E-state index contributed by atoms with van der Waals surface area (Å²) in [5.74, 6) is 2.01. The fourth-order valence-corrected chi connectivity index (χ4v) is 3.36. The highest BCUT2D eigenvalue weighted by molar-refractivity contribution is 6.30. The number of nitrogens with one attached hydrogen (secondary N) is 1. The number of hydrogen-bond acceptors (Lipinski definition) is 3. The van der Waals surface area contributed by atoms with Crippen LogP contribution in [-0.4, -0.2) is 11.8 Å². The molecule has 0 spiro atoms. The van der Waals surface area contributed by atoms with Gasteiger partial charge in [-0.3, -0.25) is 5.41 Å². The average molecular weight is 391 g/mol. The van der Waals surface area contributed by atoms with Crippen LogP contribution in [0.3, 0.4) is 0 Å². The van der Waals surface area contributed by atoms with Crippen molar-refractivity contribution < 1.29 is 4.74 Å². The third kappa shape index (κ3) is 3.85. The summed E-state index contributed by atoms with van der Waals surface area (Å²) in [4.78, 5) is 6.06. The van der Waals surface area contributed by atoms with E-state index >= 15 is 0 Å². The van der Waals surface area contributed by atoms with E-state index in [0.717, 1.165) is 11.3 Å². The number of amidine groups is 1. The number of nitrogens with two attached hydrogens (primary N) is 1. The molecule has 0 radical (unpaired) electrons. The highest BCUT2D eigenvalue weighted by Gasteiger charge is 2.29. The van der Waals surface area contributed by atoms with E-state index in [1.165, 1.54) is 0 Å². The first kappa shape index (κ1) is 18.1. The molecule has 140 valence electrons. The Labute approximate surface area is 168 Å². The zero-order valence-corrected chi connectivity index (χ0v) is 15.8. The maximum absolute atomic E-state index is 8.36. The Hall–Kier alpha value is -3.31. The van der Waals surface area contributed by atoms with Gasteiger partial charge in [0.2, 0.25) is 5.96 Å². The molecule has 0 fully saturated rings. The fourth-order valence-electron chi connectivity index (χ4n) is 3.23. The molecule has 1 aliphatic rings. The molecule has 28 heavy (non-hydrogen) atoms. The van der Waals surface area contributed by atoms with E-state index in [2.05, 4.69) is 4.99 Å². The van der Waals surface area contributed by atoms with Gasteiger partial charge in [-0.15, -0.1) is 0 Å². The van der Waals surface area contributed by atoms with Crippen molar-refractivity contribution in [2.75, 3.05) is 4.90 Å². The summed E-state index contributed by atoms with van der Waals surface area (Å²) in [6.07, 6.45) is 0.565. The number of guanidine groups is 1. The molecule has 0 saturated carbocycles. The summed E-state index contributed by atoms with van der Waals surface area (Å²) >= 11 is 5.91. The number of benzene rings is 3. The molecule has 1 atom stereocenters. The molecule has 0 amide bonds. The van der Waals surface area contributed by atoms with E-state index in [1.807, 2.05) is 71.6 Å². The van der Waals surface area contributed by atoms with E-state index in [-0.39, 0.29) is 12.0 Å². The molecule has 0 bridgehead atoms. The van der Waals surface area contributed by atoms with Crippen LogP contribution in [0, 0.1) is 5.41 Å². The smallest absolute Gasteiger partial charge is 0.224 e. The maximum Gasteiger partial charge on any atom is 0.224 e. The Morgan fingerprint density at radius 2 is 1.54 bits per heavy atom. The van der Waals surface area contributed by atoms with Crippen LogP contribution in [0.15, 0.2) is 83.9 Å². The molecule has 6 heteroatoms. The quantitative estimate of drug-likeness (QED) is 0.628. The molecule has 1 unspecified atom stereocenters. The molecule has 3 aromatic rings. The van der Waals surface area contributed by atoms with Crippen molar-refractivity contribution in [1.82, 2.24) is 0 Å². The molecular weight excluding hydrogens is 372 g/mol. The molecule has 3 N–H and O–H groups in total. The maximum atomic E-state index is 8.36. The van der Waals surface area contributed by atoms with Crippen molar-refractivity contribution in [3.05, 3.63) is 89.4 Å². The fraction of sp³-hybridized carbons (Fsp3) is 0.0909. The number of halogens is 1. The van der Waals surface area contributed by atoms with Crippen LogP contribution in [0.25, 0.3) is 0 Å². The van der Waals surface area contributed by atoms with Crippen LogP contribution >= 0.6 is 11.6 Å². The number of hydrogen-bond donors (Lipinski definition) is 2. The predicted molar refractivity (Wildman–Crippen MR) is 114 cm³/mol. The molecule has 5 nitrogen and oxygen atoms in total. The number of ether oxygens (including phenoxy) is 1. The van der Waals surface area contributed by atoms with Gasteiger partial charge in [-0.2, -0.15) is 0 Å². The number of anilines is 1. The van der Waals surface area contributed by atoms with Gasteiger partial charge < -0.3 is 15.4 Å². The Morgan fingerprint density at radius 3 is 2.18 bits per heavy atom. The lowest BCUT2D eigenvalue weighted by atomic mass is 9.99. The second-order valence-electron chi connectivity index (χ2n) is 6.48. The standard InChI is InChI=1S/C22H19ClN4O/c23-16-6-10-18(11-7-16)28-19-12-8-17(9-13-19)27-20(14-21(24)26-22(27)25)15-4-2-1-3-5-15/h1-13,20H,14H2,(H3,24,25,26). The topological polar surface area (TPSA) is 74.7 Å². The van der Waals surface area contributed by atoms with Crippen LogP contribution in [-0.2, 0) is 0 Å². The van der Waals surface area contributed by atoms with Crippen LogP contribution in [0.5, 0.6) is 11.5 Å². The molecule has 3 aromatic carbocycles. The molecule has 0 aliphatic carbocycles. The molecule has 4 rings (SSSR count). The lowest BCUT2D eigenvalue weighted by Crippen LogP contribution is -2.41. The summed E-state index contributed by atoms with van der Waals surface area (Å²) in [7, 11) is 0. The first-order valence-electron chi connectivity index (χ1n) is 8.89. The van der Waals surface area contributed by atoms with E-state index in [1.54, 1.807) is 12.1 Å². The van der Waals surface area contributed by atoms with Gasteiger partial charge in [0, 0.05) is 17.1 Å². The minimum atomic E-state index is -0.0748. The van der Waals surface area contributed by atoms with Crippen LogP contribution in [0.4, 0.5) is 5.69 Å². The van der Waals surface area contributed by atoms with Gasteiger partial charge in [0.15, 0.2) is 0 Å². The van der Waals surface area contributed by atoms with Gasteiger partial charge in [-0.25, -0.2) is 4.99 Å². The average Bonchev–Trinajstić information content (AvgIpc) is 2.71. The third-order valence-electron chi connectivity index (χ3n) is 4.54. The molecule has 1 aliphatic heterocycles. The summed E-state index contributed by atoms with van der Waals surface area (Å²) in [6.45, 7) is 0.